The van der Waals surface area contributed by atoms with Gasteiger partial charge in [-0.05, 0) is 58.3 Å². The molecule has 2 amide bonds. The summed E-state index contributed by atoms with van der Waals surface area (Å²) in [5.74, 6) is -0.441. The lowest BCUT2D eigenvalue weighted by atomic mass is 9.95. The van der Waals surface area contributed by atoms with Gasteiger partial charge in [0.25, 0.3) is 11.8 Å². The standard InChI is InChI=1S/C28H31N3O6S/c29-23-3-1-2-4-24(23)31-27(33)20-7-5-19(6-8-20)17-30-28(34)25-15-22(21-9-14-38-18-21)16-26(37-25)36-13-12-35-11-10-32/h1-9,14-15,18,22,26,32H,10-13,16-17,29H2,(H,30,34)(H,31,33)/t22-,26+/m0/s1. The van der Waals surface area contributed by atoms with Crippen LogP contribution >= 0.6 is 11.3 Å². The summed E-state index contributed by atoms with van der Waals surface area (Å²) in [4.78, 5) is 25.5. The Hall–Kier alpha value is -3.70. The molecule has 0 spiro atoms. The molecule has 1 aliphatic rings. The van der Waals surface area contributed by atoms with Crippen LogP contribution in [0.1, 0.15) is 33.8 Å². The topological polar surface area (TPSA) is 132 Å². The minimum atomic E-state index is -0.597. The number of hydrogen-bond donors (Lipinski definition) is 4. The van der Waals surface area contributed by atoms with Crippen molar-refractivity contribution in [3.05, 3.63) is 93.9 Å². The van der Waals surface area contributed by atoms with E-state index >= 15 is 0 Å². The molecule has 0 unspecified atom stereocenters. The molecule has 0 bridgehead atoms. The molecular formula is C28H31N3O6S. The monoisotopic (exact) mass is 537 g/mol. The summed E-state index contributed by atoms with van der Waals surface area (Å²) in [5.41, 5.74) is 9.34. The van der Waals surface area contributed by atoms with Crippen LogP contribution in [-0.4, -0.2) is 49.6 Å². The highest BCUT2D eigenvalue weighted by Crippen LogP contribution is 2.32. The predicted molar refractivity (Wildman–Crippen MR) is 146 cm³/mol. The number of anilines is 2. The zero-order valence-electron chi connectivity index (χ0n) is 20.8. The van der Waals surface area contributed by atoms with Crippen LogP contribution in [0.4, 0.5) is 11.4 Å². The minimum absolute atomic E-state index is 0.0180. The highest BCUT2D eigenvalue weighted by atomic mass is 32.1. The molecular weight excluding hydrogens is 506 g/mol. The third kappa shape index (κ3) is 7.65. The number of hydrogen-bond acceptors (Lipinski definition) is 8. The zero-order valence-corrected chi connectivity index (χ0v) is 21.6. The van der Waals surface area contributed by atoms with E-state index in [4.69, 9.17) is 25.1 Å². The molecule has 0 aliphatic carbocycles. The third-order valence-electron chi connectivity index (χ3n) is 5.90. The smallest absolute Gasteiger partial charge is 0.286 e. The average molecular weight is 538 g/mol. The Bertz CT molecular complexity index is 1230. The Morgan fingerprint density at radius 2 is 1.87 bits per heavy atom. The molecule has 0 saturated heterocycles. The quantitative estimate of drug-likeness (QED) is 0.205. The van der Waals surface area contributed by atoms with Crippen LogP contribution in [0.5, 0.6) is 0 Å². The van der Waals surface area contributed by atoms with E-state index in [-0.39, 0.29) is 49.9 Å². The maximum absolute atomic E-state index is 13.0. The lowest BCUT2D eigenvalue weighted by Gasteiger charge is -2.29. The summed E-state index contributed by atoms with van der Waals surface area (Å²) >= 11 is 1.59. The van der Waals surface area contributed by atoms with Crippen LogP contribution in [0.15, 0.2) is 77.2 Å². The molecule has 38 heavy (non-hydrogen) atoms. The number of thiophene rings is 1. The van der Waals surface area contributed by atoms with Crippen LogP contribution in [0.2, 0.25) is 0 Å². The Morgan fingerprint density at radius 3 is 2.61 bits per heavy atom. The minimum Gasteiger partial charge on any atom is -0.459 e. The number of aliphatic hydroxyl groups excluding tert-OH is 1. The van der Waals surface area contributed by atoms with Crippen molar-refractivity contribution in [2.24, 2.45) is 0 Å². The number of aliphatic hydroxyl groups is 1. The summed E-state index contributed by atoms with van der Waals surface area (Å²) in [6.07, 6.45) is 1.80. The largest absolute Gasteiger partial charge is 0.459 e. The summed E-state index contributed by atoms with van der Waals surface area (Å²) in [7, 11) is 0. The molecule has 0 radical (unpaired) electrons. The van der Waals surface area contributed by atoms with Crippen LogP contribution < -0.4 is 16.4 Å². The fourth-order valence-corrected chi connectivity index (χ4v) is 4.62. The predicted octanol–water partition coefficient (Wildman–Crippen LogP) is 3.64. The number of nitrogen functional groups attached to an aromatic ring is 1. The van der Waals surface area contributed by atoms with E-state index in [1.165, 1.54) is 0 Å². The first-order chi connectivity index (χ1) is 18.5. The zero-order chi connectivity index (χ0) is 26.7. The first-order valence-electron chi connectivity index (χ1n) is 12.3. The molecule has 0 saturated carbocycles. The molecule has 10 heteroatoms. The Labute approximate surface area is 225 Å². The normalized spacial score (nSPS) is 16.8. The lowest BCUT2D eigenvalue weighted by Crippen LogP contribution is -2.33. The molecule has 1 aliphatic heterocycles. The van der Waals surface area contributed by atoms with Crippen LogP contribution in [0, 0.1) is 0 Å². The van der Waals surface area contributed by atoms with Gasteiger partial charge in [0.15, 0.2) is 5.76 Å². The van der Waals surface area contributed by atoms with Crippen molar-refractivity contribution < 1.29 is 28.9 Å². The number of para-hydroxylation sites is 2. The third-order valence-corrected chi connectivity index (χ3v) is 6.60. The number of allylic oxidation sites excluding steroid dienone is 1. The molecule has 2 heterocycles. The molecule has 2 atom stereocenters. The van der Waals surface area contributed by atoms with Crippen molar-refractivity contribution in [2.75, 3.05) is 37.5 Å². The molecule has 9 nitrogen and oxygen atoms in total. The van der Waals surface area contributed by atoms with E-state index in [1.807, 2.05) is 22.9 Å². The number of ether oxygens (including phenoxy) is 3. The van der Waals surface area contributed by atoms with Gasteiger partial charge < -0.3 is 35.7 Å². The van der Waals surface area contributed by atoms with Crippen molar-refractivity contribution in [2.45, 2.75) is 25.2 Å². The number of nitrogens with two attached hydrogens (primary N) is 1. The van der Waals surface area contributed by atoms with Crippen LogP contribution in [0.3, 0.4) is 0 Å². The molecule has 1 aromatic heterocycles. The Morgan fingerprint density at radius 1 is 1.05 bits per heavy atom. The van der Waals surface area contributed by atoms with E-state index < -0.39 is 6.29 Å². The maximum atomic E-state index is 13.0. The molecule has 5 N–H and O–H groups in total. The van der Waals surface area contributed by atoms with E-state index in [0.29, 0.717) is 30.0 Å². The molecule has 0 fully saturated rings. The van der Waals surface area contributed by atoms with Gasteiger partial charge in [0.2, 0.25) is 6.29 Å². The maximum Gasteiger partial charge on any atom is 0.286 e. The SMILES string of the molecule is Nc1ccccc1NC(=O)c1ccc(CNC(=O)C2=C[C@H](c3ccsc3)C[C@H](OCCOCCO)O2)cc1. The van der Waals surface area contributed by atoms with E-state index in [0.717, 1.165) is 11.1 Å². The van der Waals surface area contributed by atoms with Crippen molar-refractivity contribution >= 4 is 34.5 Å². The Balaban J connectivity index is 1.33. The lowest BCUT2D eigenvalue weighted by molar-refractivity contribution is -0.151. The first kappa shape index (κ1) is 27.3. The van der Waals surface area contributed by atoms with Gasteiger partial charge in [-0.3, -0.25) is 9.59 Å². The second kappa shape index (κ2) is 13.7. The Kier molecular flexibility index (Phi) is 9.88. The van der Waals surface area contributed by atoms with Crippen molar-refractivity contribution in [1.29, 1.82) is 0 Å². The fraction of sp³-hybridized carbons (Fsp3) is 0.286. The number of carbonyl (C=O) groups excluding carboxylic acids is 2. The first-order valence-corrected chi connectivity index (χ1v) is 13.2. The molecule has 3 aromatic rings. The highest BCUT2D eigenvalue weighted by molar-refractivity contribution is 7.08. The van der Waals surface area contributed by atoms with E-state index in [2.05, 4.69) is 10.6 Å². The van der Waals surface area contributed by atoms with Crippen LogP contribution in [-0.2, 0) is 25.5 Å². The molecule has 2 aromatic carbocycles. The van der Waals surface area contributed by atoms with Crippen molar-refractivity contribution in [3.8, 4) is 0 Å². The summed E-state index contributed by atoms with van der Waals surface area (Å²) in [6.45, 7) is 1.06. The molecule has 4 rings (SSSR count). The second-order valence-corrected chi connectivity index (χ2v) is 9.38. The van der Waals surface area contributed by atoms with E-state index in [9.17, 15) is 9.59 Å². The summed E-state index contributed by atoms with van der Waals surface area (Å²) < 4.78 is 16.9. The van der Waals surface area contributed by atoms with Gasteiger partial charge in [-0.2, -0.15) is 11.3 Å². The van der Waals surface area contributed by atoms with Gasteiger partial charge in [0.05, 0.1) is 37.8 Å². The van der Waals surface area contributed by atoms with Gasteiger partial charge >= 0.3 is 0 Å². The van der Waals surface area contributed by atoms with Gasteiger partial charge in [0.1, 0.15) is 0 Å². The van der Waals surface area contributed by atoms with Crippen LogP contribution in [0.25, 0.3) is 0 Å². The van der Waals surface area contributed by atoms with Gasteiger partial charge in [-0.15, -0.1) is 0 Å². The van der Waals surface area contributed by atoms with Crippen molar-refractivity contribution in [3.63, 3.8) is 0 Å². The number of benzene rings is 2. The van der Waals surface area contributed by atoms with Gasteiger partial charge in [-0.25, -0.2) is 0 Å². The molecule has 200 valence electrons. The van der Waals surface area contributed by atoms with Gasteiger partial charge in [-0.1, -0.05) is 24.3 Å². The number of nitrogens with one attached hydrogen (secondary N) is 2. The summed E-state index contributed by atoms with van der Waals surface area (Å²) in [6, 6.07) is 16.0. The fourth-order valence-electron chi connectivity index (χ4n) is 3.89. The highest BCUT2D eigenvalue weighted by Gasteiger charge is 2.29. The average Bonchev–Trinajstić information content (AvgIpc) is 3.48. The second-order valence-electron chi connectivity index (χ2n) is 8.60. The number of amides is 2. The van der Waals surface area contributed by atoms with Crippen molar-refractivity contribution in [1.82, 2.24) is 5.32 Å². The van der Waals surface area contributed by atoms with Gasteiger partial charge in [0, 0.05) is 24.4 Å². The number of carbonyl (C=O) groups is 2. The number of rotatable bonds is 12. The van der Waals surface area contributed by atoms with E-state index in [1.54, 1.807) is 59.9 Å². The summed E-state index contributed by atoms with van der Waals surface area (Å²) in [5, 5.41) is 18.5.